The van der Waals surface area contributed by atoms with E-state index in [1.54, 1.807) is 12.1 Å². The Labute approximate surface area is 144 Å². The minimum absolute atomic E-state index is 0.0398. The molecular weight excluding hydrogens is 347 g/mol. The number of sulfone groups is 1. The van der Waals surface area contributed by atoms with E-state index in [4.69, 9.17) is 4.74 Å². The van der Waals surface area contributed by atoms with Crippen molar-refractivity contribution < 1.29 is 27.4 Å². The number of benzene rings is 2. The number of fused-ring (bicyclic) bond motifs is 1. The Morgan fingerprint density at radius 3 is 2.56 bits per heavy atom. The van der Waals surface area contributed by atoms with E-state index in [-0.39, 0.29) is 35.1 Å². The van der Waals surface area contributed by atoms with E-state index in [1.165, 1.54) is 36.4 Å². The molecule has 0 aliphatic carbocycles. The number of carbonyl (C=O) groups is 1. The summed E-state index contributed by atoms with van der Waals surface area (Å²) in [5, 5.41) is 9.18. The first-order valence-corrected chi connectivity index (χ1v) is 9.18. The minimum atomic E-state index is -3.55. The molecule has 3 rings (SSSR count). The number of carboxylic acids is 1. The first-order chi connectivity index (χ1) is 11.8. The number of carboxylic acid groups (broad SMARTS) is 1. The fourth-order valence-electron chi connectivity index (χ4n) is 2.54. The minimum Gasteiger partial charge on any atom is -0.489 e. The smallest absolute Gasteiger partial charge is 0.331 e. The van der Waals surface area contributed by atoms with Crippen molar-refractivity contribution in [3.63, 3.8) is 0 Å². The molecular formula is C18H15FO5S. The number of hydrogen-bond donors (Lipinski definition) is 1. The molecule has 1 aliphatic rings. The van der Waals surface area contributed by atoms with Crippen molar-refractivity contribution in [2.45, 2.75) is 17.9 Å². The van der Waals surface area contributed by atoms with Crippen LogP contribution in [-0.4, -0.2) is 25.2 Å². The molecule has 0 aromatic heterocycles. The third-order valence-electron chi connectivity index (χ3n) is 3.88. The summed E-state index contributed by atoms with van der Waals surface area (Å²) in [5.41, 5.74) is 1.09. The summed E-state index contributed by atoms with van der Waals surface area (Å²) in [5.74, 6) is -1.32. The zero-order chi connectivity index (χ0) is 18.0. The van der Waals surface area contributed by atoms with Gasteiger partial charge in [-0.25, -0.2) is 17.6 Å². The van der Waals surface area contributed by atoms with Crippen molar-refractivity contribution >= 4 is 21.9 Å². The van der Waals surface area contributed by atoms with E-state index >= 15 is 0 Å². The van der Waals surface area contributed by atoms with E-state index in [0.29, 0.717) is 11.3 Å². The molecule has 7 heteroatoms. The summed E-state index contributed by atoms with van der Waals surface area (Å²) >= 11 is 0. The zero-order valence-electron chi connectivity index (χ0n) is 13.1. The molecule has 0 amide bonds. The SMILES string of the molecule is O=C(O)C1=Cc2cc(OCc3ccc(F)cc3)ccc2S(=O)(=O)CC1. The van der Waals surface area contributed by atoms with Gasteiger partial charge in [-0.05, 0) is 54.0 Å². The molecule has 1 aliphatic heterocycles. The van der Waals surface area contributed by atoms with Gasteiger partial charge in [-0.3, -0.25) is 0 Å². The summed E-state index contributed by atoms with van der Waals surface area (Å²) in [7, 11) is -3.55. The Kier molecular flexibility index (Phi) is 4.59. The van der Waals surface area contributed by atoms with Crippen LogP contribution < -0.4 is 4.74 Å². The third-order valence-corrected chi connectivity index (χ3v) is 5.66. The molecule has 1 heterocycles. The lowest BCUT2D eigenvalue weighted by Crippen LogP contribution is -2.08. The van der Waals surface area contributed by atoms with Crippen molar-refractivity contribution in [3.8, 4) is 5.75 Å². The molecule has 2 aromatic carbocycles. The van der Waals surface area contributed by atoms with E-state index in [1.807, 2.05) is 0 Å². The number of aliphatic carboxylic acids is 1. The predicted octanol–water partition coefficient (Wildman–Crippen LogP) is 3.05. The number of ether oxygens (including phenoxy) is 1. The van der Waals surface area contributed by atoms with Crippen molar-refractivity contribution in [2.24, 2.45) is 0 Å². The molecule has 0 fully saturated rings. The summed E-state index contributed by atoms with van der Waals surface area (Å²) in [6.07, 6.45) is 1.32. The van der Waals surface area contributed by atoms with Gasteiger partial charge in [0, 0.05) is 5.57 Å². The van der Waals surface area contributed by atoms with Crippen molar-refractivity contribution in [3.05, 3.63) is 65.0 Å². The predicted molar refractivity (Wildman–Crippen MR) is 89.5 cm³/mol. The van der Waals surface area contributed by atoms with Crippen molar-refractivity contribution in [1.82, 2.24) is 0 Å². The molecule has 1 N–H and O–H groups in total. The molecule has 5 nitrogen and oxygen atoms in total. The van der Waals surface area contributed by atoms with Crippen LogP contribution in [0.5, 0.6) is 5.75 Å². The van der Waals surface area contributed by atoms with Crippen LogP contribution in [0, 0.1) is 5.82 Å². The maximum Gasteiger partial charge on any atom is 0.331 e. The van der Waals surface area contributed by atoms with Crippen LogP contribution in [0.1, 0.15) is 17.5 Å². The number of hydrogen-bond acceptors (Lipinski definition) is 4. The highest BCUT2D eigenvalue weighted by molar-refractivity contribution is 7.91. The van der Waals surface area contributed by atoms with Crippen LogP contribution in [0.3, 0.4) is 0 Å². The fraction of sp³-hybridized carbons (Fsp3) is 0.167. The van der Waals surface area contributed by atoms with Crippen LogP contribution >= 0.6 is 0 Å². The van der Waals surface area contributed by atoms with E-state index in [0.717, 1.165) is 5.56 Å². The molecule has 0 saturated carbocycles. The van der Waals surface area contributed by atoms with Crippen LogP contribution in [-0.2, 0) is 21.2 Å². The summed E-state index contributed by atoms with van der Waals surface area (Å²) in [6.45, 7) is 0.182. The molecule has 2 aromatic rings. The maximum absolute atomic E-state index is 12.9. The third kappa shape index (κ3) is 3.88. The van der Waals surface area contributed by atoms with Gasteiger partial charge in [-0.1, -0.05) is 12.1 Å². The van der Waals surface area contributed by atoms with Gasteiger partial charge in [0.15, 0.2) is 9.84 Å². The summed E-state index contributed by atoms with van der Waals surface area (Å²) in [4.78, 5) is 11.3. The fourth-order valence-corrected chi connectivity index (χ4v) is 4.00. The zero-order valence-corrected chi connectivity index (χ0v) is 13.9. The van der Waals surface area contributed by atoms with Crippen LogP contribution in [0.15, 0.2) is 52.9 Å². The molecule has 0 atom stereocenters. The van der Waals surface area contributed by atoms with Crippen LogP contribution in [0.4, 0.5) is 4.39 Å². The van der Waals surface area contributed by atoms with Gasteiger partial charge >= 0.3 is 5.97 Å². The first kappa shape index (κ1) is 17.2. The lowest BCUT2D eigenvalue weighted by Gasteiger charge is -2.10. The van der Waals surface area contributed by atoms with Gasteiger partial charge < -0.3 is 9.84 Å². The van der Waals surface area contributed by atoms with Gasteiger partial charge in [0.25, 0.3) is 0 Å². The monoisotopic (exact) mass is 362 g/mol. The molecule has 0 bridgehead atoms. The topological polar surface area (TPSA) is 80.7 Å². The quantitative estimate of drug-likeness (QED) is 0.904. The second-order valence-corrected chi connectivity index (χ2v) is 7.74. The highest BCUT2D eigenvalue weighted by Crippen LogP contribution is 2.29. The first-order valence-electron chi connectivity index (χ1n) is 7.53. The Bertz CT molecular complexity index is 946. The lowest BCUT2D eigenvalue weighted by molar-refractivity contribution is -0.132. The summed E-state index contributed by atoms with van der Waals surface area (Å²) in [6, 6.07) is 10.3. The van der Waals surface area contributed by atoms with Gasteiger partial charge in [0.05, 0.1) is 10.6 Å². The largest absolute Gasteiger partial charge is 0.489 e. The molecule has 0 unspecified atom stereocenters. The molecule has 25 heavy (non-hydrogen) atoms. The van der Waals surface area contributed by atoms with E-state index < -0.39 is 15.8 Å². The second-order valence-electron chi connectivity index (χ2n) is 5.66. The van der Waals surface area contributed by atoms with Crippen LogP contribution in [0.25, 0.3) is 6.08 Å². The van der Waals surface area contributed by atoms with Crippen molar-refractivity contribution in [2.75, 3.05) is 5.75 Å². The van der Waals surface area contributed by atoms with E-state index in [9.17, 15) is 22.7 Å². The standard InChI is InChI=1S/C18H15FO5S/c19-15-3-1-12(2-4-15)11-24-16-5-6-17-14(10-16)9-13(18(20)21)7-8-25(17,22)23/h1-6,9-10H,7-8,11H2,(H,20,21). The maximum atomic E-state index is 12.9. The molecule has 0 spiro atoms. The molecule has 130 valence electrons. The average molecular weight is 362 g/mol. The van der Waals surface area contributed by atoms with Gasteiger partial charge in [0.2, 0.25) is 0 Å². The van der Waals surface area contributed by atoms with E-state index in [2.05, 4.69) is 0 Å². The number of rotatable bonds is 4. The Morgan fingerprint density at radius 1 is 1.16 bits per heavy atom. The average Bonchev–Trinajstić information content (AvgIpc) is 2.70. The van der Waals surface area contributed by atoms with Crippen LogP contribution in [0.2, 0.25) is 0 Å². The van der Waals surface area contributed by atoms with Gasteiger partial charge in [-0.15, -0.1) is 0 Å². The molecule has 0 saturated heterocycles. The highest BCUT2D eigenvalue weighted by atomic mass is 32.2. The van der Waals surface area contributed by atoms with Gasteiger partial charge in [-0.2, -0.15) is 0 Å². The normalized spacial score (nSPS) is 15.6. The lowest BCUT2D eigenvalue weighted by atomic mass is 10.1. The Hall–Kier alpha value is -2.67. The van der Waals surface area contributed by atoms with Crippen molar-refractivity contribution in [1.29, 1.82) is 0 Å². The number of halogens is 1. The highest BCUT2D eigenvalue weighted by Gasteiger charge is 2.24. The Morgan fingerprint density at radius 2 is 1.88 bits per heavy atom. The second kappa shape index (κ2) is 6.68. The van der Waals surface area contributed by atoms with Gasteiger partial charge in [0.1, 0.15) is 18.2 Å². The summed E-state index contributed by atoms with van der Waals surface area (Å²) < 4.78 is 43.1. The molecule has 0 radical (unpaired) electrons. The Balaban J connectivity index is 1.90.